The van der Waals surface area contributed by atoms with Crippen LogP contribution in [0.5, 0.6) is 0 Å². The second kappa shape index (κ2) is 5.13. The molecule has 88 valence electrons. The Hall–Kier alpha value is -1.34. The number of nitriles is 1. The minimum absolute atomic E-state index is 0.313. The molecule has 1 heterocycles. The van der Waals surface area contributed by atoms with Gasteiger partial charge in [-0.05, 0) is 34.1 Å². The topological polar surface area (TPSA) is 53.6 Å². The van der Waals surface area contributed by atoms with Gasteiger partial charge >= 0.3 is 0 Å². The Morgan fingerprint density at radius 3 is 2.75 bits per heavy atom. The largest absolute Gasteiger partial charge is 0.335 e. The van der Waals surface area contributed by atoms with Crippen LogP contribution in [-0.4, -0.2) is 21.1 Å². The van der Waals surface area contributed by atoms with Crippen LogP contribution in [0.1, 0.15) is 33.0 Å². The van der Waals surface area contributed by atoms with Crippen LogP contribution < -0.4 is 5.32 Å². The molecule has 0 fully saturated rings. The van der Waals surface area contributed by atoms with Crippen LogP contribution >= 0.6 is 0 Å². The normalized spacial score (nSPS) is 14.8. The number of aromatic nitrogens is 2. The molecule has 0 aromatic carbocycles. The van der Waals surface area contributed by atoms with E-state index in [4.69, 9.17) is 0 Å². The van der Waals surface area contributed by atoms with E-state index in [9.17, 15) is 5.26 Å². The molecular formula is C12H20N4. The average molecular weight is 220 g/mol. The Morgan fingerprint density at radius 2 is 2.31 bits per heavy atom. The van der Waals surface area contributed by atoms with Gasteiger partial charge in [0.05, 0.1) is 6.07 Å². The zero-order valence-electron chi connectivity index (χ0n) is 10.5. The van der Waals surface area contributed by atoms with E-state index in [1.807, 2.05) is 20.0 Å². The van der Waals surface area contributed by atoms with Gasteiger partial charge in [0.15, 0.2) is 0 Å². The van der Waals surface area contributed by atoms with Gasteiger partial charge in [0.2, 0.25) is 0 Å². The van der Waals surface area contributed by atoms with Gasteiger partial charge in [0, 0.05) is 25.0 Å². The van der Waals surface area contributed by atoms with Gasteiger partial charge in [-0.15, -0.1) is 0 Å². The van der Waals surface area contributed by atoms with E-state index >= 15 is 0 Å². The standard InChI is InChI=1S/C12H20N4/c1-10(2)15-12(4,9-13)5-7-16-8-6-14-11(16)3/h6,8,10,15H,5,7H2,1-4H3. The molecule has 0 aliphatic carbocycles. The summed E-state index contributed by atoms with van der Waals surface area (Å²) in [6.45, 7) is 8.84. The smallest absolute Gasteiger partial charge is 0.105 e. The summed E-state index contributed by atoms with van der Waals surface area (Å²) in [7, 11) is 0. The van der Waals surface area contributed by atoms with Crippen molar-refractivity contribution < 1.29 is 0 Å². The van der Waals surface area contributed by atoms with E-state index in [0.29, 0.717) is 6.04 Å². The van der Waals surface area contributed by atoms with Gasteiger partial charge in [-0.2, -0.15) is 5.26 Å². The van der Waals surface area contributed by atoms with E-state index in [1.54, 1.807) is 6.20 Å². The zero-order chi connectivity index (χ0) is 12.2. The fraction of sp³-hybridized carbons (Fsp3) is 0.667. The number of nitrogens with one attached hydrogen (secondary N) is 1. The Morgan fingerprint density at radius 1 is 1.62 bits per heavy atom. The highest BCUT2D eigenvalue weighted by Gasteiger charge is 2.24. The lowest BCUT2D eigenvalue weighted by molar-refractivity contribution is 0.361. The molecule has 0 aliphatic heterocycles. The molecular weight excluding hydrogens is 200 g/mol. The molecule has 0 saturated heterocycles. The van der Waals surface area contributed by atoms with Crippen LogP contribution in [0.3, 0.4) is 0 Å². The summed E-state index contributed by atoms with van der Waals surface area (Å²) in [5.41, 5.74) is -0.467. The Labute approximate surface area is 97.3 Å². The minimum Gasteiger partial charge on any atom is -0.335 e. The van der Waals surface area contributed by atoms with Crippen molar-refractivity contribution in [3.8, 4) is 6.07 Å². The highest BCUT2D eigenvalue weighted by atomic mass is 15.1. The van der Waals surface area contributed by atoms with Crippen molar-refractivity contribution in [2.24, 2.45) is 0 Å². The van der Waals surface area contributed by atoms with E-state index in [1.165, 1.54) is 0 Å². The van der Waals surface area contributed by atoms with Gasteiger partial charge in [-0.3, -0.25) is 5.32 Å². The molecule has 1 N–H and O–H groups in total. The monoisotopic (exact) mass is 220 g/mol. The van der Waals surface area contributed by atoms with Gasteiger partial charge in [0.25, 0.3) is 0 Å². The highest BCUT2D eigenvalue weighted by molar-refractivity contribution is 5.04. The predicted molar refractivity (Wildman–Crippen MR) is 63.9 cm³/mol. The average Bonchev–Trinajstić information content (AvgIpc) is 2.60. The first kappa shape index (κ1) is 12.7. The SMILES string of the molecule is Cc1nccn1CCC(C)(C#N)NC(C)C. The summed E-state index contributed by atoms with van der Waals surface area (Å²) >= 11 is 0. The summed E-state index contributed by atoms with van der Waals surface area (Å²) in [5, 5.41) is 12.5. The first-order valence-electron chi connectivity index (χ1n) is 5.63. The number of rotatable bonds is 5. The van der Waals surface area contributed by atoms with Gasteiger partial charge in [-0.1, -0.05) is 0 Å². The molecule has 1 rings (SSSR count). The van der Waals surface area contributed by atoms with Crippen molar-refractivity contribution in [1.82, 2.24) is 14.9 Å². The van der Waals surface area contributed by atoms with Crippen LogP contribution in [0.4, 0.5) is 0 Å². The number of hydrogen-bond donors (Lipinski definition) is 1. The third kappa shape index (κ3) is 3.35. The van der Waals surface area contributed by atoms with Crippen molar-refractivity contribution in [2.75, 3.05) is 0 Å². The summed E-state index contributed by atoms with van der Waals surface area (Å²) in [5.74, 6) is 0.991. The molecule has 0 spiro atoms. The van der Waals surface area contributed by atoms with Crippen molar-refractivity contribution in [3.05, 3.63) is 18.2 Å². The molecule has 16 heavy (non-hydrogen) atoms. The molecule has 1 aromatic rings. The van der Waals surface area contributed by atoms with Crippen molar-refractivity contribution in [1.29, 1.82) is 5.26 Å². The van der Waals surface area contributed by atoms with Crippen LogP contribution in [0.15, 0.2) is 12.4 Å². The molecule has 0 aliphatic rings. The van der Waals surface area contributed by atoms with E-state index in [2.05, 4.69) is 34.8 Å². The summed E-state index contributed by atoms with van der Waals surface area (Å²) in [4.78, 5) is 4.16. The van der Waals surface area contributed by atoms with Gasteiger partial charge < -0.3 is 4.57 Å². The summed E-state index contributed by atoms with van der Waals surface area (Å²) in [6, 6.07) is 2.66. The Kier molecular flexibility index (Phi) is 4.08. The lowest BCUT2D eigenvalue weighted by atomic mass is 9.99. The molecule has 4 heteroatoms. The molecule has 1 aromatic heterocycles. The first-order chi connectivity index (χ1) is 7.47. The molecule has 0 bridgehead atoms. The number of nitrogens with zero attached hydrogens (tertiary/aromatic N) is 3. The third-order valence-electron chi connectivity index (χ3n) is 2.63. The molecule has 4 nitrogen and oxygen atoms in total. The van der Waals surface area contributed by atoms with Gasteiger partial charge in [0.1, 0.15) is 11.4 Å². The molecule has 0 saturated carbocycles. The van der Waals surface area contributed by atoms with Crippen LogP contribution in [0.2, 0.25) is 0 Å². The maximum Gasteiger partial charge on any atom is 0.105 e. The maximum absolute atomic E-state index is 9.19. The lowest BCUT2D eigenvalue weighted by Crippen LogP contribution is -2.45. The number of aryl methyl sites for hydroxylation is 2. The lowest BCUT2D eigenvalue weighted by Gasteiger charge is -2.26. The van der Waals surface area contributed by atoms with Crippen LogP contribution in [0.25, 0.3) is 0 Å². The van der Waals surface area contributed by atoms with Crippen LogP contribution in [-0.2, 0) is 6.54 Å². The molecule has 0 amide bonds. The fourth-order valence-electron chi connectivity index (χ4n) is 1.78. The Balaban J connectivity index is 2.59. The van der Waals surface area contributed by atoms with Crippen LogP contribution in [0, 0.1) is 18.3 Å². The number of imidazole rings is 1. The quantitative estimate of drug-likeness (QED) is 0.824. The predicted octanol–water partition coefficient (Wildman–Crippen LogP) is 1.86. The third-order valence-corrected chi connectivity index (χ3v) is 2.63. The molecule has 1 atom stereocenters. The van der Waals surface area contributed by atoms with Crippen molar-refractivity contribution in [3.63, 3.8) is 0 Å². The highest BCUT2D eigenvalue weighted by Crippen LogP contribution is 2.12. The van der Waals surface area contributed by atoms with E-state index in [-0.39, 0.29) is 0 Å². The van der Waals surface area contributed by atoms with E-state index in [0.717, 1.165) is 18.8 Å². The fourth-order valence-corrected chi connectivity index (χ4v) is 1.78. The second-order valence-electron chi connectivity index (χ2n) is 4.66. The second-order valence-corrected chi connectivity index (χ2v) is 4.66. The minimum atomic E-state index is -0.467. The summed E-state index contributed by atoms with van der Waals surface area (Å²) < 4.78 is 2.07. The molecule has 0 radical (unpaired) electrons. The Bertz CT molecular complexity index is 375. The molecule has 1 unspecified atom stereocenters. The number of hydrogen-bond acceptors (Lipinski definition) is 3. The summed E-state index contributed by atoms with van der Waals surface area (Å²) in [6.07, 6.45) is 4.51. The zero-order valence-corrected chi connectivity index (χ0v) is 10.5. The maximum atomic E-state index is 9.19. The first-order valence-corrected chi connectivity index (χ1v) is 5.63. The van der Waals surface area contributed by atoms with E-state index < -0.39 is 5.54 Å². The van der Waals surface area contributed by atoms with Crippen molar-refractivity contribution in [2.45, 2.75) is 52.2 Å². The van der Waals surface area contributed by atoms with Gasteiger partial charge in [-0.25, -0.2) is 4.98 Å². The van der Waals surface area contributed by atoms with Crippen molar-refractivity contribution >= 4 is 0 Å².